The third kappa shape index (κ3) is 4.91. The average Bonchev–Trinajstić information content (AvgIpc) is 2.64. The van der Waals surface area contributed by atoms with Gasteiger partial charge < -0.3 is 9.64 Å². The molecule has 0 spiro atoms. The Labute approximate surface area is 165 Å². The van der Waals surface area contributed by atoms with Crippen LogP contribution in [0.5, 0.6) is 0 Å². The number of urea groups is 1. The van der Waals surface area contributed by atoms with Crippen molar-refractivity contribution in [1.82, 2.24) is 4.90 Å². The highest BCUT2D eigenvalue weighted by Crippen LogP contribution is 2.35. The van der Waals surface area contributed by atoms with E-state index >= 15 is 0 Å². The van der Waals surface area contributed by atoms with E-state index in [1.165, 1.54) is 18.1 Å². The molecule has 1 aromatic carbocycles. The van der Waals surface area contributed by atoms with Gasteiger partial charge in [0.2, 0.25) is 0 Å². The van der Waals surface area contributed by atoms with E-state index in [4.69, 9.17) is 4.74 Å². The molecular weight excluding hydrogens is 422 g/mol. The van der Waals surface area contributed by atoms with Crippen LogP contribution in [0.25, 0.3) is 0 Å². The van der Waals surface area contributed by atoms with Crippen LogP contribution in [0.3, 0.4) is 0 Å². The number of methoxy groups -OCH3 is 1. The number of halogens is 3. The molecule has 148 valence electrons. The number of rotatable bonds is 7. The number of carbonyl (C=O) groups is 2. The van der Waals surface area contributed by atoms with Crippen LogP contribution in [0.2, 0.25) is 0 Å². The minimum absolute atomic E-state index is 0.298. The molecule has 0 saturated heterocycles. The second-order valence-electron chi connectivity index (χ2n) is 6.75. The van der Waals surface area contributed by atoms with Crippen LogP contribution in [0, 0.1) is 23.5 Å². The SMILES string of the molecule is COC(=O)C1C(C)=NC(=O)N(CCC[C@H](C)CBr)C1c1ccc(F)c(F)c1. The van der Waals surface area contributed by atoms with E-state index in [0.29, 0.717) is 30.2 Å². The summed E-state index contributed by atoms with van der Waals surface area (Å²) in [5, 5.41) is 0.843. The maximum Gasteiger partial charge on any atom is 0.344 e. The fourth-order valence-electron chi connectivity index (χ4n) is 3.23. The number of esters is 1. The number of hydrogen-bond donors (Lipinski definition) is 0. The Hall–Kier alpha value is -1.83. The van der Waals surface area contributed by atoms with E-state index in [2.05, 4.69) is 27.8 Å². The molecule has 0 bridgehead atoms. The molecule has 0 fully saturated rings. The molecule has 2 amide bonds. The molecule has 1 aliphatic heterocycles. The van der Waals surface area contributed by atoms with Crippen molar-refractivity contribution in [2.24, 2.45) is 16.8 Å². The zero-order chi connectivity index (χ0) is 20.1. The van der Waals surface area contributed by atoms with Crippen molar-refractivity contribution >= 4 is 33.6 Å². The lowest BCUT2D eigenvalue weighted by molar-refractivity contribution is -0.145. The molecule has 8 heteroatoms. The van der Waals surface area contributed by atoms with Crippen molar-refractivity contribution in [1.29, 1.82) is 0 Å². The van der Waals surface area contributed by atoms with Gasteiger partial charge in [-0.2, -0.15) is 0 Å². The summed E-state index contributed by atoms with van der Waals surface area (Å²) >= 11 is 3.42. The molecule has 0 aromatic heterocycles. The van der Waals surface area contributed by atoms with Gasteiger partial charge in [0.15, 0.2) is 11.6 Å². The van der Waals surface area contributed by atoms with Gasteiger partial charge >= 0.3 is 12.0 Å². The number of aliphatic imine (C=N–C) groups is 1. The summed E-state index contributed by atoms with van der Waals surface area (Å²) in [5.41, 5.74) is 0.632. The number of nitrogens with zero attached hydrogens (tertiary/aromatic N) is 2. The van der Waals surface area contributed by atoms with Gasteiger partial charge in [-0.05, 0) is 43.4 Å². The highest BCUT2D eigenvalue weighted by Gasteiger charge is 2.42. The first-order chi connectivity index (χ1) is 12.8. The summed E-state index contributed by atoms with van der Waals surface area (Å²) < 4.78 is 32.1. The highest BCUT2D eigenvalue weighted by molar-refractivity contribution is 9.09. The fraction of sp³-hybridized carbons (Fsp3) is 0.526. The Bertz CT molecular complexity index is 742. The van der Waals surface area contributed by atoms with Gasteiger partial charge in [-0.25, -0.2) is 18.6 Å². The van der Waals surface area contributed by atoms with E-state index in [9.17, 15) is 18.4 Å². The van der Waals surface area contributed by atoms with Crippen LogP contribution in [0.4, 0.5) is 13.6 Å². The number of hydrogen-bond acceptors (Lipinski definition) is 3. The Morgan fingerprint density at radius 3 is 2.67 bits per heavy atom. The normalized spacial score (nSPS) is 21.0. The molecule has 1 aromatic rings. The van der Waals surface area contributed by atoms with Gasteiger partial charge in [0.25, 0.3) is 0 Å². The second-order valence-corrected chi connectivity index (χ2v) is 7.40. The van der Waals surface area contributed by atoms with Gasteiger partial charge in [0, 0.05) is 17.6 Å². The highest BCUT2D eigenvalue weighted by atomic mass is 79.9. The first kappa shape index (κ1) is 21.5. The molecule has 2 unspecified atom stereocenters. The number of ether oxygens (including phenoxy) is 1. The van der Waals surface area contributed by atoms with E-state index in [1.54, 1.807) is 6.92 Å². The summed E-state index contributed by atoms with van der Waals surface area (Å²) in [4.78, 5) is 30.4. The summed E-state index contributed by atoms with van der Waals surface area (Å²) in [6.07, 6.45) is 1.56. The van der Waals surface area contributed by atoms with Gasteiger partial charge in [0.05, 0.1) is 13.2 Å². The average molecular weight is 445 g/mol. The molecule has 0 radical (unpaired) electrons. The second kappa shape index (κ2) is 9.39. The quantitative estimate of drug-likeness (QED) is 0.459. The third-order valence-electron chi connectivity index (χ3n) is 4.72. The first-order valence-electron chi connectivity index (χ1n) is 8.74. The Kier molecular flexibility index (Phi) is 7.47. The van der Waals surface area contributed by atoms with Crippen molar-refractivity contribution in [3.8, 4) is 0 Å². The summed E-state index contributed by atoms with van der Waals surface area (Å²) in [6.45, 7) is 4.00. The molecule has 3 atom stereocenters. The minimum Gasteiger partial charge on any atom is -0.468 e. The lowest BCUT2D eigenvalue weighted by Gasteiger charge is -2.38. The standard InChI is InChI=1S/C19H23BrF2N2O3/c1-11(10-20)5-4-8-24-17(13-6-7-14(21)15(22)9-13)16(18(25)27-3)12(2)23-19(24)26/h6-7,9,11,16-17H,4-5,8,10H2,1-3H3/t11-,16?,17?/m0/s1. The first-order valence-corrected chi connectivity index (χ1v) is 9.86. The molecular formula is C19H23BrF2N2O3. The van der Waals surface area contributed by atoms with Crippen molar-refractivity contribution in [2.75, 3.05) is 19.0 Å². The van der Waals surface area contributed by atoms with Gasteiger partial charge in [-0.15, -0.1) is 0 Å². The van der Waals surface area contributed by atoms with E-state index in [1.807, 2.05) is 0 Å². The molecule has 0 N–H and O–H groups in total. The predicted molar refractivity (Wildman–Crippen MR) is 102 cm³/mol. The van der Waals surface area contributed by atoms with Crippen LogP contribution < -0.4 is 0 Å². The van der Waals surface area contributed by atoms with Gasteiger partial charge in [0.1, 0.15) is 5.92 Å². The predicted octanol–water partition coefficient (Wildman–Crippen LogP) is 4.50. The van der Waals surface area contributed by atoms with E-state index in [0.717, 1.165) is 23.9 Å². The third-order valence-corrected chi connectivity index (χ3v) is 5.82. The van der Waals surface area contributed by atoms with Crippen molar-refractivity contribution < 1.29 is 23.1 Å². The smallest absolute Gasteiger partial charge is 0.344 e. The molecule has 1 heterocycles. The molecule has 1 aliphatic rings. The molecule has 27 heavy (non-hydrogen) atoms. The lowest BCUT2D eigenvalue weighted by Crippen LogP contribution is -2.47. The fourth-order valence-corrected chi connectivity index (χ4v) is 3.55. The van der Waals surface area contributed by atoms with Crippen LogP contribution in [0.1, 0.15) is 38.3 Å². The van der Waals surface area contributed by atoms with Crippen molar-refractivity contribution in [3.05, 3.63) is 35.4 Å². The summed E-state index contributed by atoms with van der Waals surface area (Å²) in [7, 11) is 1.25. The number of alkyl halides is 1. The number of amides is 2. The number of benzene rings is 1. The minimum atomic E-state index is -1.03. The monoisotopic (exact) mass is 444 g/mol. The molecule has 0 aliphatic carbocycles. The molecule has 2 rings (SSSR count). The Balaban J connectivity index is 2.42. The van der Waals surface area contributed by atoms with Gasteiger partial charge in [-0.1, -0.05) is 28.9 Å². The van der Waals surface area contributed by atoms with Crippen LogP contribution in [-0.4, -0.2) is 41.6 Å². The largest absolute Gasteiger partial charge is 0.468 e. The zero-order valence-electron chi connectivity index (χ0n) is 15.5. The number of carbonyl (C=O) groups excluding carboxylic acids is 2. The topological polar surface area (TPSA) is 59.0 Å². The van der Waals surface area contributed by atoms with Crippen LogP contribution in [0.15, 0.2) is 23.2 Å². The molecule has 0 saturated carbocycles. The Morgan fingerprint density at radius 2 is 2.07 bits per heavy atom. The van der Waals surface area contributed by atoms with Crippen molar-refractivity contribution in [3.63, 3.8) is 0 Å². The van der Waals surface area contributed by atoms with E-state index < -0.39 is 35.6 Å². The summed E-state index contributed by atoms with van der Waals surface area (Å²) in [5.74, 6) is -3.04. The van der Waals surface area contributed by atoms with Gasteiger partial charge in [-0.3, -0.25) is 4.79 Å². The van der Waals surface area contributed by atoms with E-state index in [-0.39, 0.29) is 0 Å². The summed E-state index contributed by atoms with van der Waals surface area (Å²) in [6, 6.07) is 2.12. The maximum absolute atomic E-state index is 13.8. The maximum atomic E-state index is 13.8. The molecule has 5 nitrogen and oxygen atoms in total. The zero-order valence-corrected chi connectivity index (χ0v) is 17.1. The lowest BCUT2D eigenvalue weighted by atomic mass is 9.86. The van der Waals surface area contributed by atoms with Crippen LogP contribution in [-0.2, 0) is 9.53 Å². The Morgan fingerprint density at radius 1 is 1.37 bits per heavy atom. The van der Waals surface area contributed by atoms with Crippen molar-refractivity contribution in [2.45, 2.75) is 32.7 Å². The van der Waals surface area contributed by atoms with Crippen LogP contribution >= 0.6 is 15.9 Å².